The lowest BCUT2D eigenvalue weighted by Crippen LogP contribution is -2.49. The molecule has 1 aliphatic rings. The Morgan fingerprint density at radius 2 is 2.23 bits per heavy atom. The lowest BCUT2D eigenvalue weighted by atomic mass is 9.77. The molecule has 26 heavy (non-hydrogen) atoms. The van der Waals surface area contributed by atoms with E-state index in [4.69, 9.17) is 24.5 Å². The molecule has 1 unspecified atom stereocenters. The van der Waals surface area contributed by atoms with Crippen molar-refractivity contribution >= 4 is 36.0 Å². The zero-order chi connectivity index (χ0) is 19.4. The Morgan fingerprint density at radius 1 is 1.50 bits per heavy atom. The van der Waals surface area contributed by atoms with E-state index in [1.807, 2.05) is 11.5 Å². The van der Waals surface area contributed by atoms with Crippen LogP contribution >= 0.6 is 11.3 Å². The number of carboxylic acids is 1. The van der Waals surface area contributed by atoms with Crippen LogP contribution in [0.15, 0.2) is 34.8 Å². The second-order valence-electron chi connectivity index (χ2n) is 5.00. The molecule has 1 aliphatic heterocycles. The first-order valence-corrected chi connectivity index (χ1v) is 8.63. The monoisotopic (exact) mass is 384 g/mol. The van der Waals surface area contributed by atoms with Crippen molar-refractivity contribution in [3.63, 3.8) is 0 Å². The number of nitrogens with one attached hydrogen (secondary N) is 1. The summed E-state index contributed by atoms with van der Waals surface area (Å²) in [7, 11) is -1.08. The third kappa shape index (κ3) is 8.25. The molecular weight excluding hydrogens is 363 g/mol. The molecule has 9 nitrogen and oxygen atoms in total. The molecule has 4 N–H and O–H groups in total. The number of nitrogens with zero attached hydrogens (tertiary/aromatic N) is 1. The minimum Gasteiger partial charge on any atom is -0.481 e. The molecule has 1 aromatic heterocycles. The molecule has 0 bridgehead atoms. The molecule has 2 rings (SSSR count). The van der Waals surface area contributed by atoms with Gasteiger partial charge in [0.25, 0.3) is 11.9 Å². The van der Waals surface area contributed by atoms with Gasteiger partial charge in [-0.3, -0.25) is 9.59 Å². The third-order valence-electron chi connectivity index (χ3n) is 2.89. The van der Waals surface area contributed by atoms with Crippen molar-refractivity contribution in [3.8, 4) is 0 Å². The van der Waals surface area contributed by atoms with Crippen LogP contribution in [-0.4, -0.2) is 65.7 Å². The smallest absolute Gasteiger partial charge is 0.478 e. The lowest BCUT2D eigenvalue weighted by molar-refractivity contribution is -0.134. The lowest BCUT2D eigenvalue weighted by Gasteiger charge is -2.17. The number of aliphatic hydroxyl groups is 1. The van der Waals surface area contributed by atoms with E-state index in [1.54, 1.807) is 18.2 Å². The molecule has 0 spiro atoms. The average Bonchev–Trinajstić information content (AvgIpc) is 3.03. The number of aliphatic carboxylic acids is 1. The Morgan fingerprint density at radius 3 is 2.85 bits per heavy atom. The molecule has 2 heterocycles. The summed E-state index contributed by atoms with van der Waals surface area (Å²) in [5, 5.41) is 34.3. The molecule has 1 amide bonds. The summed E-state index contributed by atoms with van der Waals surface area (Å²) in [6, 6.07) is 3.53. The minimum atomic E-state index is -1.08. The minimum absolute atomic E-state index is 0.0000572. The predicted octanol–water partition coefficient (Wildman–Crippen LogP) is 0.0330. The van der Waals surface area contributed by atoms with Gasteiger partial charge in [-0.25, -0.2) is 0 Å². The first-order chi connectivity index (χ1) is 12.5. The summed E-state index contributed by atoms with van der Waals surface area (Å²) < 4.78 is 5.14. The standard InChI is InChI=1S/C13H17BN2O5S.C2H4O2/c17-6-8-21-16-12(10-4-3-9-22-10)13(18)15-11-5-1-2-7-20-14(11)19;1-2(3)4/h1-4,9,11,17,19H,5-8H2,(H,15,18);1H3,(H,3,4)/b16-12-;. The van der Waals surface area contributed by atoms with E-state index in [0.29, 0.717) is 17.9 Å². The van der Waals surface area contributed by atoms with Crippen molar-refractivity contribution in [1.82, 2.24) is 5.32 Å². The van der Waals surface area contributed by atoms with Gasteiger partial charge >= 0.3 is 7.12 Å². The Balaban J connectivity index is 0.000000765. The summed E-state index contributed by atoms with van der Waals surface area (Å²) in [5.74, 6) is -1.86. The van der Waals surface area contributed by atoms with Crippen molar-refractivity contribution in [1.29, 1.82) is 0 Å². The van der Waals surface area contributed by atoms with Gasteiger partial charge in [-0.05, 0) is 17.9 Å². The van der Waals surface area contributed by atoms with Crippen LogP contribution in [0.4, 0.5) is 0 Å². The van der Waals surface area contributed by atoms with E-state index < -0.39 is 24.9 Å². The highest BCUT2D eigenvalue weighted by Crippen LogP contribution is 2.12. The number of rotatable bonds is 6. The van der Waals surface area contributed by atoms with Gasteiger partial charge < -0.3 is 30.0 Å². The Bertz CT molecular complexity index is 618. The molecule has 1 aromatic rings. The van der Waals surface area contributed by atoms with Gasteiger partial charge in [-0.2, -0.15) is 0 Å². The molecule has 142 valence electrons. The van der Waals surface area contributed by atoms with Crippen LogP contribution in [0.2, 0.25) is 0 Å². The van der Waals surface area contributed by atoms with E-state index in [1.165, 1.54) is 11.3 Å². The quantitative estimate of drug-likeness (QED) is 0.179. The van der Waals surface area contributed by atoms with Crippen LogP contribution in [0, 0.1) is 0 Å². The summed E-state index contributed by atoms with van der Waals surface area (Å²) in [6.45, 7) is 1.20. The largest absolute Gasteiger partial charge is 0.481 e. The highest BCUT2D eigenvalue weighted by Gasteiger charge is 2.30. The topological polar surface area (TPSA) is 138 Å². The van der Waals surface area contributed by atoms with Crippen LogP contribution in [0.5, 0.6) is 0 Å². The maximum atomic E-state index is 12.4. The average molecular weight is 384 g/mol. The highest BCUT2D eigenvalue weighted by atomic mass is 32.1. The summed E-state index contributed by atoms with van der Waals surface area (Å²) >= 11 is 1.34. The number of hydrogen-bond acceptors (Lipinski definition) is 8. The van der Waals surface area contributed by atoms with Gasteiger partial charge in [0.15, 0.2) is 5.71 Å². The number of carboxylic acid groups (broad SMARTS) is 1. The Labute approximate surface area is 155 Å². The van der Waals surface area contributed by atoms with Crippen LogP contribution in [0.3, 0.4) is 0 Å². The van der Waals surface area contributed by atoms with Crippen LogP contribution in [-0.2, 0) is 19.1 Å². The highest BCUT2D eigenvalue weighted by molar-refractivity contribution is 7.13. The first-order valence-electron chi connectivity index (χ1n) is 7.75. The Hall–Kier alpha value is -2.21. The normalized spacial score (nSPS) is 17.0. The maximum Gasteiger partial charge on any atom is 0.478 e. The fraction of sp³-hybridized carbons (Fsp3) is 0.400. The van der Waals surface area contributed by atoms with Crippen molar-refractivity contribution in [3.05, 3.63) is 34.5 Å². The van der Waals surface area contributed by atoms with Gasteiger partial charge in [-0.1, -0.05) is 23.4 Å². The van der Waals surface area contributed by atoms with Crippen molar-refractivity contribution < 1.29 is 34.3 Å². The van der Waals surface area contributed by atoms with Gasteiger partial charge in [0.1, 0.15) is 6.61 Å². The number of carbonyl (C=O) groups excluding carboxylic acids is 1. The third-order valence-corrected chi connectivity index (χ3v) is 3.77. The van der Waals surface area contributed by atoms with Crippen molar-refractivity contribution in [2.75, 3.05) is 19.8 Å². The molecule has 1 atom stereocenters. The summed E-state index contributed by atoms with van der Waals surface area (Å²) in [5.41, 5.74) is 0.101. The van der Waals surface area contributed by atoms with E-state index >= 15 is 0 Å². The van der Waals surface area contributed by atoms with Gasteiger partial charge in [0.05, 0.1) is 17.4 Å². The van der Waals surface area contributed by atoms with Crippen LogP contribution in [0.1, 0.15) is 18.2 Å². The molecule has 0 radical (unpaired) electrons. The molecule has 0 saturated heterocycles. The first kappa shape index (κ1) is 21.8. The van der Waals surface area contributed by atoms with E-state index in [-0.39, 0.29) is 18.9 Å². The second kappa shape index (κ2) is 12.2. The van der Waals surface area contributed by atoms with Gasteiger partial charge in [-0.15, -0.1) is 11.3 Å². The number of oxime groups is 1. The van der Waals surface area contributed by atoms with Crippen molar-refractivity contribution in [2.24, 2.45) is 5.16 Å². The molecular formula is C15H21BN2O7S. The van der Waals surface area contributed by atoms with E-state index in [0.717, 1.165) is 6.92 Å². The summed E-state index contributed by atoms with van der Waals surface area (Å²) in [6.07, 6.45) is 4.08. The fourth-order valence-electron chi connectivity index (χ4n) is 1.83. The van der Waals surface area contributed by atoms with E-state index in [9.17, 15) is 9.82 Å². The van der Waals surface area contributed by atoms with Gasteiger partial charge in [0, 0.05) is 13.5 Å². The SMILES string of the molecule is CC(=O)O.O=C(NC1CC=CCOB1O)/C(=N\OCCO)c1cccs1. The van der Waals surface area contributed by atoms with Crippen molar-refractivity contribution in [2.45, 2.75) is 19.3 Å². The second-order valence-corrected chi connectivity index (χ2v) is 5.95. The molecule has 0 saturated carbocycles. The predicted molar refractivity (Wildman–Crippen MR) is 96.8 cm³/mol. The number of thiophene rings is 1. The number of amides is 1. The number of carbonyl (C=O) groups is 2. The number of hydrogen-bond donors (Lipinski definition) is 4. The van der Waals surface area contributed by atoms with Gasteiger partial charge in [0.2, 0.25) is 0 Å². The zero-order valence-corrected chi connectivity index (χ0v) is 15.0. The molecule has 0 aromatic carbocycles. The number of aliphatic hydroxyl groups excluding tert-OH is 1. The van der Waals surface area contributed by atoms with E-state index in [2.05, 4.69) is 10.5 Å². The molecule has 0 fully saturated rings. The Kier molecular flexibility index (Phi) is 10.2. The van der Waals surface area contributed by atoms with Crippen LogP contribution in [0.25, 0.3) is 0 Å². The maximum absolute atomic E-state index is 12.4. The zero-order valence-electron chi connectivity index (χ0n) is 14.2. The summed E-state index contributed by atoms with van der Waals surface area (Å²) in [4.78, 5) is 26.9. The van der Waals surface area contributed by atoms with Crippen LogP contribution < -0.4 is 5.32 Å². The fourth-order valence-corrected chi connectivity index (χ4v) is 2.53. The molecule has 11 heteroatoms. The molecule has 0 aliphatic carbocycles.